The molecular weight excluding hydrogens is 709 g/mol. The summed E-state index contributed by atoms with van der Waals surface area (Å²) in [5, 5.41) is 3.74. The molecule has 0 atom stereocenters. The zero-order valence-electron chi connectivity index (χ0n) is 27.2. The molecule has 0 unspecified atom stereocenters. The van der Waals surface area contributed by atoms with Crippen LogP contribution in [0.25, 0.3) is 44.5 Å². The first-order valence-electron chi connectivity index (χ1n) is 15.9. The molecule has 3 aromatic carbocycles. The van der Waals surface area contributed by atoms with Gasteiger partial charge >= 0.3 is 0 Å². The van der Waals surface area contributed by atoms with Crippen molar-refractivity contribution in [1.29, 1.82) is 0 Å². The maximum atomic E-state index is 7.23. The van der Waals surface area contributed by atoms with E-state index in [0.717, 1.165) is 39.1 Å². The van der Waals surface area contributed by atoms with Gasteiger partial charge in [-0.15, -0.1) is 54.1 Å². The third-order valence-corrected chi connectivity index (χ3v) is 9.89. The van der Waals surface area contributed by atoms with Crippen molar-refractivity contribution in [2.24, 2.45) is 0 Å². The summed E-state index contributed by atoms with van der Waals surface area (Å²) in [4.78, 5) is 8.81. The fourth-order valence-corrected chi connectivity index (χ4v) is 7.21. The number of pyridine rings is 2. The molecule has 3 nitrogen and oxygen atoms in total. The molecule has 1 saturated carbocycles. The number of hydrogen-bond acceptors (Lipinski definition) is 3. The molecule has 3 heterocycles. The van der Waals surface area contributed by atoms with E-state index >= 15 is 0 Å². The van der Waals surface area contributed by atoms with E-state index in [-0.39, 0.29) is 25.7 Å². The maximum Gasteiger partial charge on any atom is 0.120 e. The molecule has 0 bridgehead atoms. The molecule has 1 fully saturated rings. The molecule has 215 valence electrons. The summed E-state index contributed by atoms with van der Waals surface area (Å²) in [6, 6.07) is 32.4. The maximum absolute atomic E-state index is 7.23. The van der Waals surface area contributed by atoms with Crippen molar-refractivity contribution in [3.8, 4) is 22.5 Å². The molecule has 3 aromatic heterocycles. The zero-order chi connectivity index (χ0) is 30.9. The van der Waals surface area contributed by atoms with Crippen LogP contribution in [0.2, 0.25) is 19.6 Å². The van der Waals surface area contributed by atoms with E-state index in [4.69, 9.17) is 8.53 Å². The van der Waals surface area contributed by atoms with Crippen LogP contribution in [0.4, 0.5) is 0 Å². The zero-order valence-corrected chi connectivity index (χ0v) is 27.6. The minimum absolute atomic E-state index is 0. The molecule has 5 heteroatoms. The monoisotopic (exact) mass is 748 g/mol. The summed E-state index contributed by atoms with van der Waals surface area (Å²) >= 11 is 0. The Bertz CT molecular complexity index is 1890. The molecule has 0 amide bonds. The Labute approximate surface area is 268 Å². The molecule has 6 aromatic rings. The van der Waals surface area contributed by atoms with Gasteiger partial charge in [-0.05, 0) is 53.8 Å². The third-order valence-electron chi connectivity index (χ3n) is 7.88. The first-order valence-corrected chi connectivity index (χ1v) is 17.9. The first-order chi connectivity index (χ1) is 21.1. The summed E-state index contributed by atoms with van der Waals surface area (Å²) in [6.07, 6.45) is 8.61. The standard InChI is InChI=1S/C25H26NOSi.C12H10N.Ir/c1-28(2,3)23-13-7-11-20-19-10-6-12-21(24(19)27-25(20)23)22-16-18(14-15-26-22)17-8-4-5-9-17;1-10-7-8-12(13-9-10)11-5-3-2-4-6-11;/h6-7,10-11,13-17H,4-5,8-9H2,1-3H3;2-5,7-9H,1H3;/q2*-1;/i;1D3;. The second-order valence-corrected chi connectivity index (χ2v) is 16.8. The normalized spacial score (nSPS) is 14.9. The number of nitrogens with zero attached hydrogens (tertiary/aromatic N) is 2. The molecule has 1 aliphatic carbocycles. The van der Waals surface area contributed by atoms with Crippen LogP contribution in [0.15, 0.2) is 95.7 Å². The molecule has 42 heavy (non-hydrogen) atoms. The predicted molar refractivity (Wildman–Crippen MR) is 173 cm³/mol. The number of aryl methyl sites for hydroxylation is 1. The van der Waals surface area contributed by atoms with Crippen LogP contribution < -0.4 is 5.19 Å². The second kappa shape index (κ2) is 12.9. The molecule has 0 aliphatic heterocycles. The molecule has 0 N–H and O–H groups in total. The second-order valence-electron chi connectivity index (χ2n) is 11.8. The van der Waals surface area contributed by atoms with Crippen LogP contribution in [-0.4, -0.2) is 18.0 Å². The van der Waals surface area contributed by atoms with Crippen LogP contribution in [0.5, 0.6) is 0 Å². The molecule has 1 aliphatic rings. The van der Waals surface area contributed by atoms with E-state index in [0.29, 0.717) is 5.92 Å². The van der Waals surface area contributed by atoms with Crippen molar-refractivity contribution < 1.29 is 28.6 Å². The Morgan fingerprint density at radius 2 is 1.67 bits per heavy atom. The summed E-state index contributed by atoms with van der Waals surface area (Å²) < 4.78 is 28.2. The average molecular weight is 748 g/mol. The van der Waals surface area contributed by atoms with Gasteiger partial charge in [0.25, 0.3) is 0 Å². The van der Waals surface area contributed by atoms with E-state index < -0.39 is 14.9 Å². The van der Waals surface area contributed by atoms with Crippen LogP contribution in [-0.2, 0) is 20.1 Å². The van der Waals surface area contributed by atoms with Crippen LogP contribution in [0.3, 0.4) is 0 Å². The van der Waals surface area contributed by atoms with Gasteiger partial charge in [0.2, 0.25) is 0 Å². The Hall–Kier alpha value is -3.37. The fraction of sp³-hybridized carbons (Fsp3) is 0.243. The van der Waals surface area contributed by atoms with Gasteiger partial charge in [-0.25, -0.2) is 0 Å². The number of furan rings is 1. The van der Waals surface area contributed by atoms with E-state index in [1.54, 1.807) is 18.2 Å². The van der Waals surface area contributed by atoms with Gasteiger partial charge in [-0.3, -0.25) is 0 Å². The molecule has 1 radical (unpaired) electrons. The van der Waals surface area contributed by atoms with Crippen molar-refractivity contribution in [2.45, 2.75) is 58.1 Å². The van der Waals surface area contributed by atoms with E-state index in [2.05, 4.69) is 78.1 Å². The van der Waals surface area contributed by atoms with E-state index in [1.807, 2.05) is 30.5 Å². The van der Waals surface area contributed by atoms with Crippen molar-refractivity contribution in [3.05, 3.63) is 115 Å². The smallest absolute Gasteiger partial charge is 0.120 e. The number of rotatable bonds is 4. The SMILES string of the molecule is C[Si](C)(C)c1cccc2c1oc1c(-c3cc(C4CCCC4)ccn3)[c-]ccc12.[2H]C([2H])([2H])c1ccc(-c2[c-]cccc2)nc1.[Ir]. The summed E-state index contributed by atoms with van der Waals surface area (Å²) in [6.45, 7) is 5.02. The number of para-hydroxylation sites is 1. The van der Waals surface area contributed by atoms with Crippen LogP contribution in [0, 0.1) is 19.0 Å². The minimum atomic E-state index is -2.09. The van der Waals surface area contributed by atoms with Gasteiger partial charge in [0.05, 0.1) is 13.7 Å². The Kier molecular flexibility index (Phi) is 8.05. The van der Waals surface area contributed by atoms with Crippen LogP contribution in [0.1, 0.15) is 46.8 Å². The summed E-state index contributed by atoms with van der Waals surface area (Å²) in [5.74, 6) is 0.676. The van der Waals surface area contributed by atoms with Crippen LogP contribution >= 0.6 is 0 Å². The van der Waals surface area contributed by atoms with Crippen molar-refractivity contribution in [1.82, 2.24) is 9.97 Å². The van der Waals surface area contributed by atoms with Gasteiger partial charge in [0.15, 0.2) is 0 Å². The van der Waals surface area contributed by atoms with Gasteiger partial charge in [0, 0.05) is 42.0 Å². The van der Waals surface area contributed by atoms with E-state index in [9.17, 15) is 0 Å². The Morgan fingerprint density at radius 3 is 2.38 bits per heavy atom. The summed E-state index contributed by atoms with van der Waals surface area (Å²) in [5.41, 5.74) is 7.18. The first kappa shape index (κ1) is 26.3. The molecule has 7 rings (SSSR count). The summed E-state index contributed by atoms with van der Waals surface area (Å²) in [7, 11) is -1.50. The average Bonchev–Trinajstić information content (AvgIpc) is 3.70. The Morgan fingerprint density at radius 1 is 0.833 bits per heavy atom. The molecular formula is C37H36IrN2OSi-2. The number of aromatic nitrogens is 2. The van der Waals surface area contributed by atoms with Crippen molar-refractivity contribution >= 4 is 35.2 Å². The fourth-order valence-electron chi connectivity index (χ4n) is 5.75. The topological polar surface area (TPSA) is 38.9 Å². The van der Waals surface area contributed by atoms with Gasteiger partial charge in [-0.2, -0.15) is 0 Å². The van der Waals surface area contributed by atoms with Crippen molar-refractivity contribution in [3.63, 3.8) is 0 Å². The van der Waals surface area contributed by atoms with Crippen molar-refractivity contribution in [2.75, 3.05) is 0 Å². The Balaban J connectivity index is 0.000000202. The largest absolute Gasteiger partial charge is 0.501 e. The van der Waals surface area contributed by atoms with Gasteiger partial charge in [0.1, 0.15) is 5.58 Å². The predicted octanol–water partition coefficient (Wildman–Crippen LogP) is 9.51. The van der Waals surface area contributed by atoms with Gasteiger partial charge in [-0.1, -0.05) is 85.4 Å². The van der Waals surface area contributed by atoms with E-state index in [1.165, 1.54) is 48.0 Å². The quantitative estimate of drug-likeness (QED) is 0.133. The molecule has 0 saturated heterocycles. The number of benzene rings is 3. The molecule has 0 spiro atoms. The third kappa shape index (κ3) is 6.34. The van der Waals surface area contributed by atoms with Gasteiger partial charge < -0.3 is 14.4 Å². The minimum Gasteiger partial charge on any atom is -0.501 e. The number of fused-ring (bicyclic) bond motifs is 3. The number of hydrogen-bond donors (Lipinski definition) is 0.